The average Bonchev–Trinajstić information content (AvgIpc) is 2.09. The summed E-state index contributed by atoms with van der Waals surface area (Å²) in [7, 11) is 0. The predicted octanol–water partition coefficient (Wildman–Crippen LogP) is 2.73. The maximum atomic E-state index is 12.9. The van der Waals surface area contributed by atoms with Crippen molar-refractivity contribution in [2.75, 3.05) is 0 Å². The number of rotatable bonds is 2. The van der Waals surface area contributed by atoms with Crippen LogP contribution in [0, 0.1) is 5.82 Å². The molecule has 0 unspecified atom stereocenters. The lowest BCUT2D eigenvalue weighted by atomic mass is 10.1. The summed E-state index contributed by atoms with van der Waals surface area (Å²) < 4.78 is 37.0. The first-order valence-electron chi connectivity index (χ1n) is 3.15. The Morgan fingerprint density at radius 3 is 2.62 bits per heavy atom. The molecule has 1 rings (SSSR count). The summed E-state index contributed by atoms with van der Waals surface area (Å²) in [5, 5.41) is 0. The molecule has 6 heteroatoms. The van der Waals surface area contributed by atoms with Crippen LogP contribution in [0.3, 0.4) is 0 Å². The number of halogens is 4. The molecule has 0 atom stereocenters. The molecule has 0 amide bonds. The number of nitrogens with zero attached hydrogens (tertiary/aromatic N) is 1. The topological polar surface area (TPSA) is 30.0 Å². The molecular formula is C7H3BrF3NO. The van der Waals surface area contributed by atoms with Gasteiger partial charge in [-0.3, -0.25) is 4.79 Å². The summed E-state index contributed by atoms with van der Waals surface area (Å²) in [6.45, 7) is 0. The van der Waals surface area contributed by atoms with E-state index in [4.69, 9.17) is 0 Å². The summed E-state index contributed by atoms with van der Waals surface area (Å²) in [5.74, 6) is -1.06. The molecule has 1 aromatic heterocycles. The lowest BCUT2D eigenvalue weighted by Crippen LogP contribution is -2.00. The Bertz CT molecular complexity index is 343. The van der Waals surface area contributed by atoms with Crippen LogP contribution in [-0.2, 0) is 0 Å². The number of carbonyl (C=O) groups excluding carboxylic acids is 1. The van der Waals surface area contributed by atoms with Crippen LogP contribution in [0.4, 0.5) is 13.2 Å². The van der Waals surface area contributed by atoms with Gasteiger partial charge in [-0.2, -0.15) is 0 Å². The second-order valence-corrected chi connectivity index (χ2v) is 2.90. The minimum Gasteiger partial charge on any atom is -0.298 e. The molecule has 0 bridgehead atoms. The smallest absolute Gasteiger partial charge is 0.266 e. The molecule has 0 saturated heterocycles. The molecule has 0 spiro atoms. The maximum Gasteiger partial charge on any atom is 0.266 e. The first kappa shape index (κ1) is 10.2. The third kappa shape index (κ3) is 1.88. The van der Waals surface area contributed by atoms with Gasteiger partial charge in [0, 0.05) is 11.8 Å². The number of hydrogen-bond donors (Lipinski definition) is 0. The molecule has 0 radical (unpaired) electrons. The van der Waals surface area contributed by atoms with Crippen LogP contribution in [-0.4, -0.2) is 11.3 Å². The summed E-state index contributed by atoms with van der Waals surface area (Å²) in [6, 6.07) is 0. The van der Waals surface area contributed by atoms with Gasteiger partial charge in [-0.05, 0) is 15.9 Å². The van der Waals surface area contributed by atoms with Crippen molar-refractivity contribution >= 4 is 22.2 Å². The van der Waals surface area contributed by atoms with Crippen molar-refractivity contribution in [2.45, 2.75) is 6.43 Å². The fourth-order valence-corrected chi connectivity index (χ4v) is 1.10. The van der Waals surface area contributed by atoms with Crippen LogP contribution in [0.15, 0.2) is 10.8 Å². The molecule has 1 aromatic rings. The number of aldehydes is 1. The van der Waals surface area contributed by atoms with Crippen molar-refractivity contribution in [2.24, 2.45) is 0 Å². The highest BCUT2D eigenvalue weighted by Crippen LogP contribution is 2.25. The zero-order chi connectivity index (χ0) is 10.0. The van der Waals surface area contributed by atoms with E-state index in [1.54, 1.807) is 0 Å². The number of aromatic nitrogens is 1. The number of pyridine rings is 1. The fourth-order valence-electron chi connectivity index (χ4n) is 0.784. The van der Waals surface area contributed by atoms with Crippen LogP contribution in [0.2, 0.25) is 0 Å². The molecule has 0 saturated carbocycles. The SMILES string of the molecule is O=Cc1c(C(F)F)cnc(Br)c1F. The Kier molecular flexibility index (Phi) is 3.02. The van der Waals surface area contributed by atoms with Gasteiger partial charge >= 0.3 is 0 Å². The second kappa shape index (κ2) is 3.87. The van der Waals surface area contributed by atoms with Gasteiger partial charge in [0.2, 0.25) is 0 Å². The Balaban J connectivity index is 3.38. The van der Waals surface area contributed by atoms with Gasteiger partial charge in [-0.25, -0.2) is 18.2 Å². The number of alkyl halides is 2. The fraction of sp³-hybridized carbons (Fsp3) is 0.143. The molecule has 0 aliphatic carbocycles. The number of carbonyl (C=O) groups is 1. The third-order valence-corrected chi connectivity index (χ3v) is 1.95. The van der Waals surface area contributed by atoms with E-state index in [-0.39, 0.29) is 10.9 Å². The molecule has 0 fully saturated rings. The van der Waals surface area contributed by atoms with Crippen LogP contribution < -0.4 is 0 Å². The summed E-state index contributed by atoms with van der Waals surface area (Å²) in [5.41, 5.74) is -1.35. The predicted molar refractivity (Wildman–Crippen MR) is 42.2 cm³/mol. The summed E-state index contributed by atoms with van der Waals surface area (Å²) in [4.78, 5) is 13.6. The second-order valence-electron chi connectivity index (χ2n) is 2.15. The third-order valence-electron chi connectivity index (χ3n) is 1.40. The minimum atomic E-state index is -2.91. The molecule has 0 aliphatic heterocycles. The van der Waals surface area contributed by atoms with Crippen LogP contribution in [0.5, 0.6) is 0 Å². The van der Waals surface area contributed by atoms with E-state index < -0.39 is 23.4 Å². The van der Waals surface area contributed by atoms with Crippen molar-refractivity contribution in [3.05, 3.63) is 27.7 Å². The van der Waals surface area contributed by atoms with Gasteiger partial charge in [0.05, 0.1) is 5.56 Å². The van der Waals surface area contributed by atoms with E-state index in [2.05, 4.69) is 20.9 Å². The standard InChI is InChI=1S/C7H3BrF3NO/c8-6-5(9)4(2-13)3(1-12-6)7(10)11/h1-2,7H. The zero-order valence-electron chi connectivity index (χ0n) is 6.10. The first-order chi connectivity index (χ1) is 6.07. The monoisotopic (exact) mass is 253 g/mol. The van der Waals surface area contributed by atoms with Crippen molar-refractivity contribution in [3.63, 3.8) is 0 Å². The normalized spacial score (nSPS) is 10.5. The Labute approximate surface area is 79.9 Å². The molecular weight excluding hydrogens is 251 g/mol. The van der Waals surface area contributed by atoms with E-state index in [0.717, 1.165) is 6.20 Å². The van der Waals surface area contributed by atoms with E-state index >= 15 is 0 Å². The lowest BCUT2D eigenvalue weighted by Gasteiger charge is -2.04. The van der Waals surface area contributed by atoms with Crippen LogP contribution >= 0.6 is 15.9 Å². The van der Waals surface area contributed by atoms with Gasteiger partial charge in [0.25, 0.3) is 6.43 Å². The highest BCUT2D eigenvalue weighted by Gasteiger charge is 2.18. The maximum absolute atomic E-state index is 12.9. The Hall–Kier alpha value is -0.910. The van der Waals surface area contributed by atoms with Crippen LogP contribution in [0.1, 0.15) is 22.3 Å². The number of hydrogen-bond acceptors (Lipinski definition) is 2. The summed E-state index contributed by atoms with van der Waals surface area (Å²) >= 11 is 2.68. The van der Waals surface area contributed by atoms with E-state index in [9.17, 15) is 18.0 Å². The highest BCUT2D eigenvalue weighted by molar-refractivity contribution is 9.10. The molecule has 0 aromatic carbocycles. The lowest BCUT2D eigenvalue weighted by molar-refractivity contribution is 0.110. The minimum absolute atomic E-state index is 0.0449. The van der Waals surface area contributed by atoms with Crippen LogP contribution in [0.25, 0.3) is 0 Å². The highest BCUT2D eigenvalue weighted by atomic mass is 79.9. The van der Waals surface area contributed by atoms with Crippen molar-refractivity contribution in [3.8, 4) is 0 Å². The average molecular weight is 254 g/mol. The zero-order valence-corrected chi connectivity index (χ0v) is 7.69. The van der Waals surface area contributed by atoms with Crippen molar-refractivity contribution in [1.82, 2.24) is 4.98 Å². The van der Waals surface area contributed by atoms with Crippen molar-refractivity contribution < 1.29 is 18.0 Å². The van der Waals surface area contributed by atoms with E-state index in [1.165, 1.54) is 0 Å². The van der Waals surface area contributed by atoms with E-state index in [1.807, 2.05) is 0 Å². The van der Waals surface area contributed by atoms with Gasteiger partial charge in [-0.15, -0.1) is 0 Å². The molecule has 13 heavy (non-hydrogen) atoms. The molecule has 2 nitrogen and oxygen atoms in total. The molecule has 1 heterocycles. The van der Waals surface area contributed by atoms with Gasteiger partial charge in [0.15, 0.2) is 12.1 Å². The van der Waals surface area contributed by atoms with Gasteiger partial charge < -0.3 is 0 Å². The molecule has 0 N–H and O–H groups in total. The largest absolute Gasteiger partial charge is 0.298 e. The Morgan fingerprint density at radius 1 is 1.54 bits per heavy atom. The van der Waals surface area contributed by atoms with Crippen molar-refractivity contribution in [1.29, 1.82) is 0 Å². The summed E-state index contributed by atoms with van der Waals surface area (Å²) in [6.07, 6.45) is -2.10. The van der Waals surface area contributed by atoms with Gasteiger partial charge in [0.1, 0.15) is 4.60 Å². The quantitative estimate of drug-likeness (QED) is 0.600. The van der Waals surface area contributed by atoms with E-state index in [0.29, 0.717) is 0 Å². The molecule has 70 valence electrons. The Morgan fingerprint density at radius 2 is 2.15 bits per heavy atom. The first-order valence-corrected chi connectivity index (χ1v) is 3.94. The molecule has 0 aliphatic rings. The van der Waals surface area contributed by atoms with Gasteiger partial charge in [-0.1, -0.05) is 0 Å².